The lowest BCUT2D eigenvalue weighted by Gasteiger charge is -2.33. The van der Waals surface area contributed by atoms with E-state index in [0.717, 1.165) is 42.7 Å². The van der Waals surface area contributed by atoms with Gasteiger partial charge in [-0.05, 0) is 30.5 Å². The van der Waals surface area contributed by atoms with E-state index < -0.39 is 0 Å². The monoisotopic (exact) mass is 249 g/mol. The zero-order valence-corrected chi connectivity index (χ0v) is 10.9. The molecule has 1 atom stereocenters. The predicted molar refractivity (Wildman–Crippen MR) is 68.6 cm³/mol. The zero-order valence-electron chi connectivity index (χ0n) is 10.9. The Hall–Kier alpha value is -1.71. The number of carbonyl (C=O) groups is 1. The number of hydrogen-bond donors (Lipinski definition) is 1. The van der Waals surface area contributed by atoms with Gasteiger partial charge in [0.05, 0.1) is 5.54 Å². The Labute approximate surface area is 107 Å². The number of ether oxygens (including phenoxy) is 2. The maximum Gasteiger partial charge on any atom is 0.231 e. The van der Waals surface area contributed by atoms with Gasteiger partial charge in [-0.3, -0.25) is 4.79 Å². The van der Waals surface area contributed by atoms with Gasteiger partial charge >= 0.3 is 0 Å². The van der Waals surface area contributed by atoms with E-state index in [-0.39, 0.29) is 12.3 Å². The topological polar surface area (TPSA) is 47.6 Å². The van der Waals surface area contributed by atoms with Gasteiger partial charge in [-0.15, -0.1) is 0 Å². The van der Waals surface area contributed by atoms with Crippen LogP contribution in [0.15, 0.2) is 18.2 Å². The Balaban J connectivity index is 2.38. The van der Waals surface area contributed by atoms with Crippen LogP contribution in [-0.4, -0.2) is 13.2 Å². The molecule has 1 N–H and O–H groups in total. The van der Waals surface area contributed by atoms with Gasteiger partial charge in [0.15, 0.2) is 11.5 Å². The maximum atomic E-state index is 10.9. The molecule has 0 radical (unpaired) electrons. The van der Waals surface area contributed by atoms with E-state index in [1.54, 1.807) is 0 Å². The number of rotatable bonds is 6. The summed E-state index contributed by atoms with van der Waals surface area (Å²) in [7, 11) is 0. The summed E-state index contributed by atoms with van der Waals surface area (Å²) < 4.78 is 10.7. The number of fused-ring (bicyclic) bond motifs is 1. The Morgan fingerprint density at radius 3 is 2.78 bits per heavy atom. The van der Waals surface area contributed by atoms with Gasteiger partial charge in [0.25, 0.3) is 0 Å². The third-order valence-corrected chi connectivity index (χ3v) is 3.54. The average Bonchev–Trinajstić information content (AvgIpc) is 2.85. The first-order valence-electron chi connectivity index (χ1n) is 6.37. The summed E-state index contributed by atoms with van der Waals surface area (Å²) in [5.74, 6) is 1.53. The van der Waals surface area contributed by atoms with Crippen molar-refractivity contribution in [2.75, 3.05) is 6.79 Å². The summed E-state index contributed by atoms with van der Waals surface area (Å²) in [4.78, 5) is 10.9. The van der Waals surface area contributed by atoms with Gasteiger partial charge < -0.3 is 14.8 Å². The van der Waals surface area contributed by atoms with Crippen LogP contribution in [0.1, 0.15) is 38.7 Å². The number of amides is 1. The fourth-order valence-corrected chi connectivity index (χ4v) is 2.52. The van der Waals surface area contributed by atoms with Crippen LogP contribution in [0.2, 0.25) is 0 Å². The highest BCUT2D eigenvalue weighted by Crippen LogP contribution is 2.38. The van der Waals surface area contributed by atoms with E-state index >= 15 is 0 Å². The van der Waals surface area contributed by atoms with Crippen molar-refractivity contribution in [3.8, 4) is 11.5 Å². The first kappa shape index (κ1) is 12.7. The van der Waals surface area contributed by atoms with Crippen LogP contribution in [0.4, 0.5) is 0 Å². The van der Waals surface area contributed by atoms with Crippen molar-refractivity contribution in [1.82, 2.24) is 5.32 Å². The van der Waals surface area contributed by atoms with Gasteiger partial charge in [-0.1, -0.05) is 26.3 Å². The van der Waals surface area contributed by atoms with Crippen LogP contribution in [0, 0.1) is 0 Å². The highest BCUT2D eigenvalue weighted by Gasteiger charge is 2.30. The van der Waals surface area contributed by atoms with E-state index in [1.165, 1.54) is 0 Å². The number of benzene rings is 1. The zero-order chi connectivity index (χ0) is 13.0. The van der Waals surface area contributed by atoms with E-state index in [4.69, 9.17) is 9.47 Å². The van der Waals surface area contributed by atoms with Crippen molar-refractivity contribution in [2.45, 2.75) is 38.6 Å². The molecule has 0 saturated carbocycles. The van der Waals surface area contributed by atoms with E-state index in [1.807, 2.05) is 18.2 Å². The maximum absolute atomic E-state index is 10.9. The predicted octanol–water partition coefficient (Wildman–Crippen LogP) is 2.57. The minimum absolute atomic E-state index is 0.271. The van der Waals surface area contributed by atoms with Crippen molar-refractivity contribution in [2.24, 2.45) is 0 Å². The molecule has 1 amide bonds. The van der Waals surface area contributed by atoms with Crippen molar-refractivity contribution in [1.29, 1.82) is 0 Å². The molecular formula is C14H19NO3. The molecular weight excluding hydrogens is 230 g/mol. The van der Waals surface area contributed by atoms with Gasteiger partial charge in [-0.25, -0.2) is 0 Å². The molecule has 98 valence electrons. The molecule has 4 heteroatoms. The largest absolute Gasteiger partial charge is 0.454 e. The minimum Gasteiger partial charge on any atom is -0.454 e. The second-order valence-electron chi connectivity index (χ2n) is 4.52. The summed E-state index contributed by atoms with van der Waals surface area (Å²) >= 11 is 0. The summed E-state index contributed by atoms with van der Waals surface area (Å²) in [5.41, 5.74) is 0.764. The highest BCUT2D eigenvalue weighted by molar-refractivity contribution is 5.52. The van der Waals surface area contributed by atoms with Gasteiger partial charge in [0, 0.05) is 0 Å². The van der Waals surface area contributed by atoms with Crippen molar-refractivity contribution in [3.63, 3.8) is 0 Å². The van der Waals surface area contributed by atoms with Gasteiger partial charge in [-0.2, -0.15) is 0 Å². The van der Waals surface area contributed by atoms with Crippen LogP contribution in [0.3, 0.4) is 0 Å². The SMILES string of the molecule is CCCC(CC)(NC=O)c1ccc2c(c1)OCO2. The molecule has 1 unspecified atom stereocenters. The van der Waals surface area contributed by atoms with Crippen LogP contribution in [0.5, 0.6) is 11.5 Å². The fraction of sp³-hybridized carbons (Fsp3) is 0.500. The van der Waals surface area contributed by atoms with Crippen LogP contribution in [-0.2, 0) is 10.3 Å². The number of carbonyl (C=O) groups excluding carboxylic acids is 1. The van der Waals surface area contributed by atoms with Crippen molar-refractivity contribution in [3.05, 3.63) is 23.8 Å². The normalized spacial score (nSPS) is 16.1. The fourth-order valence-electron chi connectivity index (χ4n) is 2.52. The van der Waals surface area contributed by atoms with E-state index in [9.17, 15) is 4.79 Å². The van der Waals surface area contributed by atoms with Crippen LogP contribution in [0.25, 0.3) is 0 Å². The van der Waals surface area contributed by atoms with Crippen molar-refractivity contribution < 1.29 is 14.3 Å². The van der Waals surface area contributed by atoms with Crippen molar-refractivity contribution >= 4 is 6.41 Å². The lowest BCUT2D eigenvalue weighted by atomic mass is 9.83. The summed E-state index contributed by atoms with van der Waals surface area (Å²) in [6, 6.07) is 5.88. The van der Waals surface area contributed by atoms with E-state index in [0.29, 0.717) is 0 Å². The molecule has 2 rings (SSSR count). The lowest BCUT2D eigenvalue weighted by molar-refractivity contribution is -0.111. The smallest absolute Gasteiger partial charge is 0.231 e. The third-order valence-electron chi connectivity index (χ3n) is 3.54. The molecule has 0 fully saturated rings. The summed E-state index contributed by atoms with van der Waals surface area (Å²) in [5, 5.41) is 2.98. The molecule has 0 aliphatic carbocycles. The Kier molecular flexibility index (Phi) is 3.75. The number of hydrogen-bond acceptors (Lipinski definition) is 3. The minimum atomic E-state index is -0.308. The molecule has 1 aliphatic rings. The third kappa shape index (κ3) is 2.15. The average molecular weight is 249 g/mol. The first-order valence-corrected chi connectivity index (χ1v) is 6.37. The Morgan fingerprint density at radius 2 is 2.11 bits per heavy atom. The standard InChI is InChI=1S/C14H19NO3/c1-3-7-14(4-2,15-9-16)11-5-6-12-13(8-11)18-10-17-12/h5-6,8-9H,3-4,7,10H2,1-2H3,(H,15,16). The molecule has 4 nitrogen and oxygen atoms in total. The molecule has 0 bridgehead atoms. The lowest BCUT2D eigenvalue weighted by Crippen LogP contribution is -2.41. The van der Waals surface area contributed by atoms with Gasteiger partial charge in [0.2, 0.25) is 13.2 Å². The number of nitrogens with one attached hydrogen (secondary N) is 1. The molecule has 0 saturated heterocycles. The summed E-state index contributed by atoms with van der Waals surface area (Å²) in [6.45, 7) is 4.47. The second kappa shape index (κ2) is 5.29. The molecule has 1 aromatic rings. The first-order chi connectivity index (χ1) is 8.75. The van der Waals surface area contributed by atoms with Crippen LogP contribution < -0.4 is 14.8 Å². The molecule has 0 aromatic heterocycles. The summed E-state index contributed by atoms with van der Waals surface area (Å²) in [6.07, 6.45) is 3.54. The van der Waals surface area contributed by atoms with E-state index in [2.05, 4.69) is 19.2 Å². The quantitative estimate of drug-likeness (QED) is 0.788. The molecule has 1 aliphatic heterocycles. The second-order valence-corrected chi connectivity index (χ2v) is 4.52. The molecule has 1 heterocycles. The molecule has 18 heavy (non-hydrogen) atoms. The van der Waals surface area contributed by atoms with Crippen LogP contribution >= 0.6 is 0 Å². The molecule has 0 spiro atoms. The molecule has 1 aromatic carbocycles. The Morgan fingerprint density at radius 1 is 1.33 bits per heavy atom. The van der Waals surface area contributed by atoms with Gasteiger partial charge in [0.1, 0.15) is 0 Å². The highest BCUT2D eigenvalue weighted by atomic mass is 16.7. The Bertz CT molecular complexity index is 433.